The molecule has 2 heterocycles. The average molecular weight is 311 g/mol. The van der Waals surface area contributed by atoms with Crippen molar-refractivity contribution in [3.05, 3.63) is 16.9 Å². The lowest BCUT2D eigenvalue weighted by Crippen LogP contribution is -2.57. The van der Waals surface area contributed by atoms with E-state index in [1.807, 2.05) is 0 Å². The molecular formula is C10H10ClF3N4O2. The summed E-state index contributed by atoms with van der Waals surface area (Å²) < 4.78 is 39.5. The van der Waals surface area contributed by atoms with Gasteiger partial charge in [-0.15, -0.1) is 0 Å². The SMILES string of the molecule is Cc1nn(CC(=O)N2N=CC[C@]2(O)C(F)(F)F)cc1Cl. The van der Waals surface area contributed by atoms with Crippen LogP contribution in [-0.2, 0) is 11.3 Å². The number of rotatable bonds is 2. The van der Waals surface area contributed by atoms with Crippen LogP contribution in [0.1, 0.15) is 12.1 Å². The Labute approximate surface area is 116 Å². The van der Waals surface area contributed by atoms with Crippen LogP contribution in [0.15, 0.2) is 11.3 Å². The first-order valence-corrected chi connectivity index (χ1v) is 5.87. The topological polar surface area (TPSA) is 70.7 Å². The van der Waals surface area contributed by atoms with Gasteiger partial charge in [0.1, 0.15) is 6.54 Å². The standard InChI is InChI=1S/C10H10ClF3N4O2/c1-6-7(11)4-17(16-6)5-8(19)18-9(20,2-3-15-18)10(12,13)14/h3-4,20H,2,5H2,1H3/t9-/m0/s1. The molecule has 0 saturated heterocycles. The van der Waals surface area contributed by atoms with Gasteiger partial charge < -0.3 is 5.11 Å². The minimum absolute atomic E-state index is 0.0257. The van der Waals surface area contributed by atoms with Crippen LogP contribution in [0.2, 0.25) is 5.02 Å². The Morgan fingerprint density at radius 1 is 1.60 bits per heavy atom. The molecular weight excluding hydrogens is 301 g/mol. The molecule has 20 heavy (non-hydrogen) atoms. The number of hydrogen-bond donors (Lipinski definition) is 1. The second kappa shape index (κ2) is 4.74. The predicted molar refractivity (Wildman–Crippen MR) is 62.9 cm³/mol. The third kappa shape index (κ3) is 2.38. The zero-order valence-electron chi connectivity index (χ0n) is 10.2. The molecule has 0 saturated carbocycles. The quantitative estimate of drug-likeness (QED) is 0.895. The molecule has 0 radical (unpaired) electrons. The van der Waals surface area contributed by atoms with Crippen molar-refractivity contribution in [2.45, 2.75) is 31.8 Å². The van der Waals surface area contributed by atoms with Gasteiger partial charge in [-0.25, -0.2) is 0 Å². The summed E-state index contributed by atoms with van der Waals surface area (Å²) >= 11 is 5.73. The van der Waals surface area contributed by atoms with E-state index in [9.17, 15) is 23.1 Å². The normalized spacial score (nSPS) is 22.6. The lowest BCUT2D eigenvalue weighted by molar-refractivity contribution is -0.302. The first-order chi connectivity index (χ1) is 9.15. The number of hydrogen-bond acceptors (Lipinski definition) is 4. The van der Waals surface area contributed by atoms with E-state index in [1.54, 1.807) is 6.92 Å². The smallest absolute Gasteiger partial charge is 0.362 e. The fraction of sp³-hybridized carbons (Fsp3) is 0.500. The Morgan fingerprint density at radius 2 is 2.25 bits per heavy atom. The van der Waals surface area contributed by atoms with Gasteiger partial charge in [0.2, 0.25) is 0 Å². The molecule has 1 aliphatic heterocycles. The zero-order valence-corrected chi connectivity index (χ0v) is 11.0. The van der Waals surface area contributed by atoms with Crippen LogP contribution < -0.4 is 0 Å². The second-order valence-corrected chi connectivity index (χ2v) is 4.69. The summed E-state index contributed by atoms with van der Waals surface area (Å²) in [5.74, 6) is -1.04. The maximum Gasteiger partial charge on any atom is 0.438 e. The molecule has 0 spiro atoms. The lowest BCUT2D eigenvalue weighted by atomic mass is 10.1. The first-order valence-electron chi connectivity index (χ1n) is 5.49. The van der Waals surface area contributed by atoms with Gasteiger partial charge in [0.25, 0.3) is 11.6 Å². The minimum Gasteiger partial charge on any atom is -0.362 e. The Kier molecular flexibility index (Phi) is 3.51. The molecule has 2 rings (SSSR count). The van der Waals surface area contributed by atoms with Crippen LogP contribution in [0.3, 0.4) is 0 Å². The van der Waals surface area contributed by atoms with Crippen molar-refractivity contribution < 1.29 is 23.1 Å². The maximum atomic E-state index is 12.8. The molecule has 1 aliphatic rings. The van der Waals surface area contributed by atoms with Crippen molar-refractivity contribution in [1.82, 2.24) is 14.8 Å². The van der Waals surface area contributed by atoms with Crippen molar-refractivity contribution in [1.29, 1.82) is 0 Å². The zero-order chi connectivity index (χ0) is 15.1. The minimum atomic E-state index is -5.00. The molecule has 0 aromatic carbocycles. The number of amides is 1. The van der Waals surface area contributed by atoms with E-state index < -0.39 is 30.8 Å². The van der Waals surface area contributed by atoms with E-state index in [2.05, 4.69) is 10.2 Å². The molecule has 110 valence electrons. The molecule has 1 amide bonds. The first kappa shape index (κ1) is 14.8. The lowest BCUT2D eigenvalue weighted by Gasteiger charge is -2.32. The number of alkyl halides is 3. The van der Waals surface area contributed by atoms with Gasteiger partial charge in [-0.2, -0.15) is 28.4 Å². The fourth-order valence-electron chi connectivity index (χ4n) is 1.72. The number of aryl methyl sites for hydroxylation is 1. The van der Waals surface area contributed by atoms with Crippen LogP contribution in [0.4, 0.5) is 13.2 Å². The highest BCUT2D eigenvalue weighted by Gasteiger charge is 2.61. The van der Waals surface area contributed by atoms with E-state index in [4.69, 9.17) is 11.6 Å². The van der Waals surface area contributed by atoms with Crippen molar-refractivity contribution in [2.24, 2.45) is 5.10 Å². The number of aromatic nitrogens is 2. The molecule has 0 fully saturated rings. The predicted octanol–water partition coefficient (Wildman–Crippen LogP) is 1.31. The highest BCUT2D eigenvalue weighted by Crippen LogP contribution is 2.38. The third-order valence-electron chi connectivity index (χ3n) is 2.80. The monoisotopic (exact) mass is 310 g/mol. The number of carbonyl (C=O) groups excluding carboxylic acids is 1. The average Bonchev–Trinajstić information content (AvgIpc) is 2.83. The molecule has 1 N–H and O–H groups in total. The number of carbonyl (C=O) groups is 1. The Hall–Kier alpha value is -1.61. The molecule has 1 aromatic heterocycles. The largest absolute Gasteiger partial charge is 0.438 e. The summed E-state index contributed by atoms with van der Waals surface area (Å²) in [5, 5.41) is 17.1. The van der Waals surface area contributed by atoms with E-state index >= 15 is 0 Å². The third-order valence-corrected chi connectivity index (χ3v) is 3.17. The van der Waals surface area contributed by atoms with E-state index in [0.29, 0.717) is 5.69 Å². The fourth-order valence-corrected chi connectivity index (χ4v) is 1.87. The van der Waals surface area contributed by atoms with Crippen LogP contribution in [0.5, 0.6) is 0 Å². The van der Waals surface area contributed by atoms with Crippen molar-refractivity contribution in [3.8, 4) is 0 Å². The van der Waals surface area contributed by atoms with Gasteiger partial charge in [0.05, 0.1) is 10.7 Å². The van der Waals surface area contributed by atoms with Crippen LogP contribution in [-0.4, -0.2) is 43.9 Å². The molecule has 6 nitrogen and oxygen atoms in total. The summed E-state index contributed by atoms with van der Waals surface area (Å²) in [6.07, 6.45) is -3.66. The molecule has 0 bridgehead atoms. The van der Waals surface area contributed by atoms with Gasteiger partial charge in [-0.3, -0.25) is 9.48 Å². The summed E-state index contributed by atoms with van der Waals surface area (Å²) in [7, 11) is 0. The summed E-state index contributed by atoms with van der Waals surface area (Å²) in [5.41, 5.74) is -2.87. The van der Waals surface area contributed by atoms with Gasteiger partial charge >= 0.3 is 6.18 Å². The van der Waals surface area contributed by atoms with Gasteiger partial charge in [-0.05, 0) is 6.92 Å². The van der Waals surface area contributed by atoms with Crippen molar-refractivity contribution in [3.63, 3.8) is 0 Å². The summed E-state index contributed by atoms with van der Waals surface area (Å²) in [4.78, 5) is 11.8. The van der Waals surface area contributed by atoms with Crippen molar-refractivity contribution >= 4 is 23.7 Å². The van der Waals surface area contributed by atoms with E-state index in [1.165, 1.54) is 6.20 Å². The van der Waals surface area contributed by atoms with Gasteiger partial charge in [0, 0.05) is 18.8 Å². The Balaban J connectivity index is 2.18. The van der Waals surface area contributed by atoms with Crippen molar-refractivity contribution in [2.75, 3.05) is 0 Å². The van der Waals surface area contributed by atoms with E-state index in [-0.39, 0.29) is 10.0 Å². The molecule has 0 aliphatic carbocycles. The summed E-state index contributed by atoms with van der Waals surface area (Å²) in [6.45, 7) is 1.08. The summed E-state index contributed by atoms with van der Waals surface area (Å²) in [6, 6.07) is 0. The molecule has 0 unspecified atom stereocenters. The second-order valence-electron chi connectivity index (χ2n) is 4.28. The molecule has 1 aromatic rings. The highest BCUT2D eigenvalue weighted by atomic mass is 35.5. The van der Waals surface area contributed by atoms with Crippen LogP contribution in [0.25, 0.3) is 0 Å². The Bertz CT molecular complexity index is 552. The Morgan fingerprint density at radius 3 is 2.75 bits per heavy atom. The maximum absolute atomic E-state index is 12.8. The van der Waals surface area contributed by atoms with E-state index in [0.717, 1.165) is 10.9 Å². The van der Waals surface area contributed by atoms with Gasteiger partial charge in [-0.1, -0.05) is 11.6 Å². The van der Waals surface area contributed by atoms with Gasteiger partial charge in [0.15, 0.2) is 0 Å². The highest BCUT2D eigenvalue weighted by molar-refractivity contribution is 6.31. The van der Waals surface area contributed by atoms with Crippen LogP contribution in [0, 0.1) is 6.92 Å². The number of aliphatic hydroxyl groups is 1. The van der Waals surface area contributed by atoms with Crippen LogP contribution >= 0.6 is 11.6 Å². The molecule has 10 heteroatoms. The number of nitrogens with zero attached hydrogens (tertiary/aromatic N) is 4. The number of hydrazone groups is 1. The number of halogens is 4. The molecule has 1 atom stereocenters.